The minimum Gasteiger partial charge on any atom is -0.478 e. The maximum atomic E-state index is 12.0. The van der Waals surface area contributed by atoms with Gasteiger partial charge in [-0.3, -0.25) is 0 Å². The smallest absolute Gasteiger partial charge is 0.333 e. The zero-order chi connectivity index (χ0) is 21.2. The van der Waals surface area contributed by atoms with Crippen LogP contribution in [0.25, 0.3) is 0 Å². The van der Waals surface area contributed by atoms with Crippen LogP contribution in [0.3, 0.4) is 0 Å². The average molecular weight is 397 g/mol. The molecule has 0 radical (unpaired) electrons. The Hall–Kier alpha value is -1.62. The summed E-state index contributed by atoms with van der Waals surface area (Å²) in [5, 5.41) is 8.94. The van der Waals surface area contributed by atoms with Crippen LogP contribution in [-0.4, -0.2) is 36.4 Å². The second kappa shape index (κ2) is 17.5. The minimum atomic E-state index is -1.01. The van der Waals surface area contributed by atoms with E-state index in [1.54, 1.807) is 0 Å². The normalized spacial score (nSPS) is 12.6. The summed E-state index contributed by atoms with van der Waals surface area (Å²) < 4.78 is 10.7. The molecule has 0 bridgehead atoms. The van der Waals surface area contributed by atoms with E-state index in [1.165, 1.54) is 64.4 Å². The number of carbonyl (C=O) groups excluding carboxylic acids is 1. The van der Waals surface area contributed by atoms with Crippen molar-refractivity contribution in [3.63, 3.8) is 0 Å². The largest absolute Gasteiger partial charge is 0.478 e. The molecule has 1 unspecified atom stereocenters. The average Bonchev–Trinajstić information content (AvgIpc) is 2.67. The SMILES string of the molecule is C=C(CCCCCCCCCCCC)C(=O)OCC(C=C(C)C(=O)O)OCC. The van der Waals surface area contributed by atoms with Gasteiger partial charge in [0, 0.05) is 17.8 Å². The Labute approximate surface area is 171 Å². The highest BCUT2D eigenvalue weighted by atomic mass is 16.6. The quantitative estimate of drug-likeness (QED) is 0.179. The van der Waals surface area contributed by atoms with Gasteiger partial charge >= 0.3 is 11.9 Å². The second-order valence-electron chi connectivity index (χ2n) is 7.28. The lowest BCUT2D eigenvalue weighted by molar-refractivity contribution is -0.142. The molecule has 0 aliphatic rings. The highest BCUT2D eigenvalue weighted by molar-refractivity contribution is 5.87. The minimum absolute atomic E-state index is 0.00561. The molecule has 0 heterocycles. The summed E-state index contributed by atoms with van der Waals surface area (Å²) >= 11 is 0. The van der Waals surface area contributed by atoms with E-state index >= 15 is 0 Å². The molecule has 0 aliphatic heterocycles. The third-order valence-electron chi connectivity index (χ3n) is 4.65. The molecule has 5 nitrogen and oxygen atoms in total. The highest BCUT2D eigenvalue weighted by Crippen LogP contribution is 2.14. The van der Waals surface area contributed by atoms with Crippen molar-refractivity contribution in [3.05, 3.63) is 23.8 Å². The van der Waals surface area contributed by atoms with Crippen LogP contribution in [0.4, 0.5) is 0 Å². The Bertz CT molecular complexity index is 481. The fourth-order valence-corrected chi connectivity index (χ4v) is 2.90. The molecule has 0 saturated heterocycles. The van der Waals surface area contributed by atoms with Crippen molar-refractivity contribution in [2.45, 2.75) is 97.5 Å². The van der Waals surface area contributed by atoms with E-state index in [9.17, 15) is 9.59 Å². The number of hydrogen-bond donors (Lipinski definition) is 1. The predicted molar refractivity (Wildman–Crippen MR) is 113 cm³/mol. The van der Waals surface area contributed by atoms with E-state index < -0.39 is 18.0 Å². The molecular weight excluding hydrogens is 356 g/mol. The molecule has 0 aromatic heterocycles. The van der Waals surface area contributed by atoms with Crippen molar-refractivity contribution >= 4 is 11.9 Å². The van der Waals surface area contributed by atoms with E-state index in [1.807, 2.05) is 6.92 Å². The summed E-state index contributed by atoms with van der Waals surface area (Å²) in [5.74, 6) is -1.44. The molecule has 0 rings (SSSR count). The monoisotopic (exact) mass is 396 g/mol. The molecule has 0 amide bonds. The van der Waals surface area contributed by atoms with Gasteiger partial charge in [-0.2, -0.15) is 0 Å². The molecule has 0 aromatic carbocycles. The van der Waals surface area contributed by atoms with Crippen LogP contribution >= 0.6 is 0 Å². The van der Waals surface area contributed by atoms with Crippen molar-refractivity contribution in [3.8, 4) is 0 Å². The summed E-state index contributed by atoms with van der Waals surface area (Å²) in [7, 11) is 0. The summed E-state index contributed by atoms with van der Waals surface area (Å²) in [4.78, 5) is 23.0. The number of unbranched alkanes of at least 4 members (excludes halogenated alkanes) is 9. The van der Waals surface area contributed by atoms with Crippen molar-refractivity contribution in [1.82, 2.24) is 0 Å². The van der Waals surface area contributed by atoms with E-state index in [2.05, 4.69) is 13.5 Å². The van der Waals surface area contributed by atoms with Crippen LogP contribution < -0.4 is 0 Å². The van der Waals surface area contributed by atoms with Crippen molar-refractivity contribution in [2.75, 3.05) is 13.2 Å². The zero-order valence-electron chi connectivity index (χ0n) is 18.1. The van der Waals surface area contributed by atoms with Gasteiger partial charge in [0.25, 0.3) is 0 Å². The number of carbonyl (C=O) groups is 2. The Balaban J connectivity index is 3.92. The first-order chi connectivity index (χ1) is 13.4. The molecule has 162 valence electrons. The number of hydrogen-bond acceptors (Lipinski definition) is 4. The van der Waals surface area contributed by atoms with E-state index in [4.69, 9.17) is 14.6 Å². The molecule has 0 spiro atoms. The molecule has 0 fully saturated rings. The Morgan fingerprint density at radius 2 is 1.50 bits per heavy atom. The van der Waals surface area contributed by atoms with Gasteiger partial charge in [-0.15, -0.1) is 0 Å². The van der Waals surface area contributed by atoms with Gasteiger partial charge in [0.15, 0.2) is 0 Å². The molecule has 5 heteroatoms. The lowest BCUT2D eigenvalue weighted by Gasteiger charge is -2.15. The number of carboxylic acid groups (broad SMARTS) is 1. The van der Waals surface area contributed by atoms with E-state index in [0.29, 0.717) is 18.6 Å². The van der Waals surface area contributed by atoms with Gasteiger partial charge < -0.3 is 14.6 Å². The lowest BCUT2D eigenvalue weighted by Crippen LogP contribution is -2.22. The first-order valence-electron chi connectivity index (χ1n) is 10.8. The third kappa shape index (κ3) is 14.4. The van der Waals surface area contributed by atoms with Crippen LogP contribution in [0.15, 0.2) is 23.8 Å². The molecule has 1 N–H and O–H groups in total. The lowest BCUT2D eigenvalue weighted by atomic mass is 10.0. The second-order valence-corrected chi connectivity index (χ2v) is 7.28. The van der Waals surface area contributed by atoms with Crippen LogP contribution in [0.5, 0.6) is 0 Å². The van der Waals surface area contributed by atoms with Gasteiger partial charge in [0.2, 0.25) is 0 Å². The maximum absolute atomic E-state index is 12.0. The van der Waals surface area contributed by atoms with Crippen molar-refractivity contribution < 1.29 is 24.2 Å². The van der Waals surface area contributed by atoms with Gasteiger partial charge in [-0.05, 0) is 32.8 Å². The standard InChI is InChI=1S/C23H40O5/c1-5-7-8-9-10-11-12-13-14-15-16-19(3)23(26)28-18-21(27-6-2)17-20(4)22(24)25/h17,21H,3,5-16,18H2,1-2,4H3,(H,24,25). The summed E-state index contributed by atoms with van der Waals surface area (Å²) in [6.45, 7) is 9.75. The molecule has 0 aromatic rings. The zero-order valence-corrected chi connectivity index (χ0v) is 18.1. The van der Waals surface area contributed by atoms with Crippen LogP contribution in [0.1, 0.15) is 91.4 Å². The fourth-order valence-electron chi connectivity index (χ4n) is 2.90. The first kappa shape index (κ1) is 26.4. The Kier molecular flexibility index (Phi) is 16.5. The number of ether oxygens (including phenoxy) is 2. The molecule has 0 saturated carbocycles. The summed E-state index contributed by atoms with van der Waals surface area (Å²) in [5.41, 5.74) is 0.632. The van der Waals surface area contributed by atoms with Gasteiger partial charge in [0.1, 0.15) is 12.7 Å². The maximum Gasteiger partial charge on any atom is 0.333 e. The fraction of sp³-hybridized carbons (Fsp3) is 0.739. The van der Waals surface area contributed by atoms with Crippen molar-refractivity contribution in [1.29, 1.82) is 0 Å². The highest BCUT2D eigenvalue weighted by Gasteiger charge is 2.14. The third-order valence-corrected chi connectivity index (χ3v) is 4.65. The van der Waals surface area contributed by atoms with Crippen LogP contribution in [0, 0.1) is 0 Å². The number of esters is 1. The van der Waals surface area contributed by atoms with Crippen molar-refractivity contribution in [2.24, 2.45) is 0 Å². The van der Waals surface area contributed by atoms with Crippen LogP contribution in [-0.2, 0) is 19.1 Å². The predicted octanol–water partition coefficient (Wildman–Crippen LogP) is 5.83. The molecule has 0 aliphatic carbocycles. The van der Waals surface area contributed by atoms with E-state index in [-0.39, 0.29) is 12.2 Å². The number of aliphatic carboxylic acids is 1. The summed E-state index contributed by atoms with van der Waals surface area (Å²) in [6, 6.07) is 0. The Morgan fingerprint density at radius 3 is 2.00 bits per heavy atom. The van der Waals surface area contributed by atoms with Crippen LogP contribution in [0.2, 0.25) is 0 Å². The summed E-state index contributed by atoms with van der Waals surface area (Å²) in [6.07, 6.45) is 14.0. The number of rotatable bonds is 18. The first-order valence-corrected chi connectivity index (χ1v) is 10.8. The van der Waals surface area contributed by atoms with Gasteiger partial charge in [-0.25, -0.2) is 9.59 Å². The van der Waals surface area contributed by atoms with Gasteiger partial charge in [-0.1, -0.05) is 71.3 Å². The molecule has 1 atom stereocenters. The van der Waals surface area contributed by atoms with E-state index in [0.717, 1.165) is 12.8 Å². The topological polar surface area (TPSA) is 72.8 Å². The molecule has 28 heavy (non-hydrogen) atoms. The molecular formula is C23H40O5. The Morgan fingerprint density at radius 1 is 0.964 bits per heavy atom. The number of carboxylic acids is 1. The van der Waals surface area contributed by atoms with Gasteiger partial charge in [0.05, 0.1) is 0 Å².